The lowest BCUT2D eigenvalue weighted by molar-refractivity contribution is 0.0655. The quantitative estimate of drug-likeness (QED) is 0.800. The van der Waals surface area contributed by atoms with Crippen molar-refractivity contribution in [2.45, 2.75) is 70.5 Å². The van der Waals surface area contributed by atoms with Gasteiger partial charge in [0.1, 0.15) is 5.69 Å². The minimum Gasteiger partial charge on any atom is -0.350 e. The van der Waals surface area contributed by atoms with Crippen LogP contribution in [0.25, 0.3) is 10.9 Å². The zero-order valence-electron chi connectivity index (χ0n) is 18.4. The number of carbonyl (C=O) groups is 2. The summed E-state index contributed by atoms with van der Waals surface area (Å²) in [6, 6.07) is 8.39. The number of nitrogens with zero attached hydrogens (tertiary/aromatic N) is 3. The van der Waals surface area contributed by atoms with Crippen LogP contribution in [0.1, 0.15) is 78.3 Å². The molecule has 0 unspecified atom stereocenters. The van der Waals surface area contributed by atoms with Crippen molar-refractivity contribution in [1.29, 1.82) is 0 Å². The molecular weight excluding hydrogens is 388 g/mol. The lowest BCUT2D eigenvalue weighted by atomic mass is 9.94. The summed E-state index contributed by atoms with van der Waals surface area (Å²) < 4.78 is 0. The van der Waals surface area contributed by atoms with E-state index in [4.69, 9.17) is 4.98 Å². The van der Waals surface area contributed by atoms with Crippen molar-refractivity contribution in [2.24, 2.45) is 0 Å². The molecule has 1 saturated heterocycles. The van der Waals surface area contributed by atoms with Crippen LogP contribution in [-0.2, 0) is 6.54 Å². The fraction of sp³-hybridized carbons (Fsp3) is 0.560. The van der Waals surface area contributed by atoms with E-state index in [-0.39, 0.29) is 17.9 Å². The van der Waals surface area contributed by atoms with E-state index >= 15 is 0 Å². The first-order valence-corrected chi connectivity index (χ1v) is 11.9. The third-order valence-corrected chi connectivity index (χ3v) is 7.43. The summed E-state index contributed by atoms with van der Waals surface area (Å²) in [7, 11) is 0. The van der Waals surface area contributed by atoms with Crippen molar-refractivity contribution in [3.8, 4) is 0 Å². The molecule has 164 valence electrons. The molecular formula is C25H32N4O2. The average Bonchev–Trinajstić information content (AvgIpc) is 3.40. The first kappa shape index (κ1) is 20.4. The normalized spacial score (nSPS) is 22.3. The van der Waals surface area contributed by atoms with E-state index in [2.05, 4.69) is 17.1 Å². The summed E-state index contributed by atoms with van der Waals surface area (Å²) in [5.74, 6) is -0.0780. The summed E-state index contributed by atoms with van der Waals surface area (Å²) in [5, 5.41) is 4.04. The van der Waals surface area contributed by atoms with Crippen molar-refractivity contribution >= 4 is 22.7 Å². The topological polar surface area (TPSA) is 65.5 Å². The lowest BCUT2D eigenvalue weighted by Crippen LogP contribution is -2.40. The van der Waals surface area contributed by atoms with E-state index in [1.165, 1.54) is 25.7 Å². The largest absolute Gasteiger partial charge is 0.350 e. The summed E-state index contributed by atoms with van der Waals surface area (Å²) in [6.07, 6.45) is 8.00. The monoisotopic (exact) mass is 420 g/mol. The average molecular weight is 421 g/mol. The number of amides is 2. The van der Waals surface area contributed by atoms with E-state index in [9.17, 15) is 9.59 Å². The van der Waals surface area contributed by atoms with Gasteiger partial charge < -0.3 is 10.2 Å². The highest BCUT2D eigenvalue weighted by atomic mass is 16.2. The van der Waals surface area contributed by atoms with Gasteiger partial charge in [0.25, 0.3) is 11.8 Å². The van der Waals surface area contributed by atoms with Crippen molar-refractivity contribution in [1.82, 2.24) is 20.1 Å². The Bertz CT molecular complexity index is 998. The molecule has 6 nitrogen and oxygen atoms in total. The molecule has 1 saturated carbocycles. The highest BCUT2D eigenvalue weighted by Crippen LogP contribution is 2.34. The van der Waals surface area contributed by atoms with Crippen LogP contribution in [0.15, 0.2) is 24.3 Å². The highest BCUT2D eigenvalue weighted by molar-refractivity contribution is 6.11. The minimum absolute atomic E-state index is 0.00495. The first-order chi connectivity index (χ1) is 15.2. The van der Waals surface area contributed by atoms with Crippen molar-refractivity contribution in [2.75, 3.05) is 19.6 Å². The van der Waals surface area contributed by atoms with Gasteiger partial charge >= 0.3 is 0 Å². The van der Waals surface area contributed by atoms with Gasteiger partial charge in [-0.05, 0) is 44.8 Å². The van der Waals surface area contributed by atoms with Crippen LogP contribution in [0.2, 0.25) is 0 Å². The molecule has 6 heteroatoms. The Balaban J connectivity index is 1.47. The Kier molecular flexibility index (Phi) is 5.65. The number of aromatic nitrogens is 1. The molecule has 2 amide bonds. The van der Waals surface area contributed by atoms with Gasteiger partial charge in [0.05, 0.1) is 11.1 Å². The second-order valence-electron chi connectivity index (χ2n) is 9.19. The van der Waals surface area contributed by atoms with E-state index in [1.807, 2.05) is 29.2 Å². The molecule has 1 atom stereocenters. The fourth-order valence-corrected chi connectivity index (χ4v) is 5.75. The predicted octanol–water partition coefficient (Wildman–Crippen LogP) is 3.74. The maximum atomic E-state index is 13.5. The van der Waals surface area contributed by atoms with Crippen molar-refractivity contribution < 1.29 is 9.59 Å². The molecule has 3 heterocycles. The van der Waals surface area contributed by atoms with Crippen LogP contribution >= 0.6 is 0 Å². The molecule has 5 rings (SSSR count). The summed E-state index contributed by atoms with van der Waals surface area (Å²) in [5.41, 5.74) is 2.66. The van der Waals surface area contributed by atoms with Gasteiger partial charge in [0.2, 0.25) is 0 Å². The van der Waals surface area contributed by atoms with E-state index in [0.717, 1.165) is 48.8 Å². The van der Waals surface area contributed by atoms with Crippen LogP contribution in [0.5, 0.6) is 0 Å². The molecule has 0 spiro atoms. The van der Waals surface area contributed by atoms with Gasteiger partial charge in [-0.3, -0.25) is 14.5 Å². The zero-order chi connectivity index (χ0) is 21.4. The maximum absolute atomic E-state index is 13.5. The summed E-state index contributed by atoms with van der Waals surface area (Å²) in [4.78, 5) is 35.9. The van der Waals surface area contributed by atoms with Crippen LogP contribution in [0.3, 0.4) is 0 Å². The van der Waals surface area contributed by atoms with Crippen LogP contribution in [0.4, 0.5) is 0 Å². The zero-order valence-corrected chi connectivity index (χ0v) is 18.4. The Morgan fingerprint density at radius 2 is 1.94 bits per heavy atom. The first-order valence-electron chi connectivity index (χ1n) is 11.9. The Morgan fingerprint density at radius 3 is 2.74 bits per heavy atom. The van der Waals surface area contributed by atoms with Crippen LogP contribution in [-0.4, -0.2) is 58.3 Å². The van der Waals surface area contributed by atoms with Gasteiger partial charge in [-0.1, -0.05) is 44.4 Å². The fourth-order valence-electron chi connectivity index (χ4n) is 5.75. The van der Waals surface area contributed by atoms with Crippen LogP contribution < -0.4 is 5.32 Å². The number of carbonyl (C=O) groups excluding carboxylic acids is 2. The number of rotatable bonds is 5. The number of pyridine rings is 1. The predicted molar refractivity (Wildman–Crippen MR) is 121 cm³/mol. The second kappa shape index (κ2) is 8.58. The second-order valence-corrected chi connectivity index (χ2v) is 9.19. The van der Waals surface area contributed by atoms with E-state index in [0.29, 0.717) is 30.4 Å². The van der Waals surface area contributed by atoms with E-state index in [1.54, 1.807) is 0 Å². The molecule has 2 aliphatic heterocycles. The molecule has 2 fully saturated rings. The third-order valence-electron chi connectivity index (χ3n) is 7.43. The molecule has 1 N–H and O–H groups in total. The molecule has 1 aromatic carbocycles. The van der Waals surface area contributed by atoms with Gasteiger partial charge in [-0.15, -0.1) is 0 Å². The van der Waals surface area contributed by atoms with Gasteiger partial charge in [0, 0.05) is 36.1 Å². The summed E-state index contributed by atoms with van der Waals surface area (Å²) >= 11 is 0. The highest BCUT2D eigenvalue weighted by Gasteiger charge is 2.38. The molecule has 1 aromatic heterocycles. The number of likely N-dealkylation sites (N-methyl/N-ethyl adjacent to an activating group) is 1. The minimum atomic E-state index is -0.0731. The molecule has 3 aliphatic rings. The van der Waals surface area contributed by atoms with Crippen LogP contribution in [0, 0.1) is 0 Å². The SMILES string of the molecule is CCN1CCC[C@H]1CNC(=O)c1c2c(nc3ccccc13)C(=O)N(C1CCCCC1)C2. The summed E-state index contributed by atoms with van der Waals surface area (Å²) in [6.45, 7) is 5.45. The number of hydrogen-bond acceptors (Lipinski definition) is 4. The standard InChI is InChI=1S/C25H32N4O2/c1-2-28-14-8-11-18(28)15-26-24(30)22-19-12-6-7-13-21(19)27-23-20(22)16-29(25(23)31)17-9-4-3-5-10-17/h6-7,12-13,17-18H,2-5,8-11,14-16H2,1H3,(H,26,30)/t18-/m0/s1. The number of fused-ring (bicyclic) bond motifs is 2. The molecule has 31 heavy (non-hydrogen) atoms. The number of likely N-dealkylation sites (tertiary alicyclic amines) is 1. The number of para-hydroxylation sites is 1. The van der Waals surface area contributed by atoms with Crippen molar-refractivity contribution in [3.05, 3.63) is 41.1 Å². The molecule has 0 radical (unpaired) electrons. The lowest BCUT2D eigenvalue weighted by Gasteiger charge is -2.30. The van der Waals surface area contributed by atoms with Gasteiger partial charge in [-0.25, -0.2) is 4.98 Å². The Morgan fingerprint density at radius 1 is 1.13 bits per heavy atom. The van der Waals surface area contributed by atoms with Gasteiger partial charge in [0.15, 0.2) is 0 Å². The van der Waals surface area contributed by atoms with Crippen molar-refractivity contribution in [3.63, 3.8) is 0 Å². The smallest absolute Gasteiger partial charge is 0.273 e. The molecule has 1 aliphatic carbocycles. The molecule has 0 bridgehead atoms. The number of benzene rings is 1. The maximum Gasteiger partial charge on any atom is 0.273 e. The Hall–Kier alpha value is -2.47. The molecule has 2 aromatic rings. The number of hydrogen-bond donors (Lipinski definition) is 1. The van der Waals surface area contributed by atoms with Gasteiger partial charge in [-0.2, -0.15) is 0 Å². The third kappa shape index (κ3) is 3.71. The number of nitrogens with one attached hydrogen (secondary N) is 1. The Labute approximate surface area is 184 Å². The van der Waals surface area contributed by atoms with E-state index < -0.39 is 0 Å².